The zero-order chi connectivity index (χ0) is 28.3. The van der Waals surface area contributed by atoms with Crippen LogP contribution in [0.15, 0.2) is 53.5 Å². The SMILES string of the molecule is C=CCOC(=O)Nc1cc(OC)cc(C(CC)Nc2cc(N3CCOCC3)cc(CSc3ncc(CC)s3)n2)c1. The molecule has 40 heavy (non-hydrogen) atoms. The molecule has 4 rings (SSSR count). The van der Waals surface area contributed by atoms with Gasteiger partial charge >= 0.3 is 6.09 Å². The monoisotopic (exact) mass is 583 g/mol. The van der Waals surface area contributed by atoms with Crippen LogP contribution in [-0.4, -0.2) is 56.1 Å². The Kier molecular flexibility index (Phi) is 11.1. The maximum Gasteiger partial charge on any atom is 0.411 e. The van der Waals surface area contributed by atoms with E-state index in [2.05, 4.69) is 53.1 Å². The molecule has 0 saturated carbocycles. The summed E-state index contributed by atoms with van der Waals surface area (Å²) in [5.74, 6) is 2.15. The number of thioether (sulfide) groups is 1. The topological polar surface area (TPSA) is 97.8 Å². The summed E-state index contributed by atoms with van der Waals surface area (Å²) in [6.07, 6.45) is 4.72. The summed E-state index contributed by atoms with van der Waals surface area (Å²) in [6.45, 7) is 11.1. The maximum absolute atomic E-state index is 12.2. The Morgan fingerprint density at radius 2 is 2.08 bits per heavy atom. The van der Waals surface area contributed by atoms with E-state index in [1.54, 1.807) is 36.3 Å². The first-order valence-corrected chi connectivity index (χ1v) is 15.2. The Morgan fingerprint density at radius 3 is 2.77 bits per heavy atom. The number of carbonyl (C=O) groups is 1. The summed E-state index contributed by atoms with van der Waals surface area (Å²) in [7, 11) is 1.61. The summed E-state index contributed by atoms with van der Waals surface area (Å²) in [6, 6.07) is 9.86. The number of amides is 1. The Morgan fingerprint density at radius 1 is 1.25 bits per heavy atom. The van der Waals surface area contributed by atoms with Crippen molar-refractivity contribution in [3.8, 4) is 5.75 Å². The zero-order valence-electron chi connectivity index (χ0n) is 23.3. The van der Waals surface area contributed by atoms with Crippen LogP contribution in [0.5, 0.6) is 5.75 Å². The van der Waals surface area contributed by atoms with Gasteiger partial charge in [0.1, 0.15) is 22.5 Å². The Labute approximate surface area is 244 Å². The minimum atomic E-state index is -0.548. The molecule has 9 nitrogen and oxygen atoms in total. The first-order valence-electron chi connectivity index (χ1n) is 13.4. The molecule has 1 aromatic carbocycles. The highest BCUT2D eigenvalue weighted by molar-refractivity contribution is 8.00. The van der Waals surface area contributed by atoms with Crippen molar-refractivity contribution < 1.29 is 19.0 Å². The normalized spacial score (nSPS) is 13.9. The molecule has 1 aliphatic heterocycles. The second-order valence-corrected chi connectivity index (χ2v) is 11.5. The van der Waals surface area contributed by atoms with Gasteiger partial charge in [-0.3, -0.25) is 5.32 Å². The van der Waals surface area contributed by atoms with E-state index in [1.807, 2.05) is 18.3 Å². The fraction of sp³-hybridized carbons (Fsp3) is 0.414. The predicted molar refractivity (Wildman–Crippen MR) is 163 cm³/mol. The van der Waals surface area contributed by atoms with Crippen LogP contribution in [0, 0.1) is 0 Å². The number of aromatic nitrogens is 2. The molecule has 1 amide bonds. The quantitative estimate of drug-likeness (QED) is 0.172. The van der Waals surface area contributed by atoms with E-state index in [4.69, 9.17) is 19.2 Å². The number of rotatable bonds is 13. The van der Waals surface area contributed by atoms with E-state index in [0.717, 1.165) is 58.8 Å². The number of morpholine rings is 1. The zero-order valence-corrected chi connectivity index (χ0v) is 24.9. The second kappa shape index (κ2) is 14.9. The molecule has 1 unspecified atom stereocenters. The van der Waals surface area contributed by atoms with Crippen molar-refractivity contribution >= 4 is 46.4 Å². The fourth-order valence-corrected chi connectivity index (χ4v) is 6.14. The lowest BCUT2D eigenvalue weighted by molar-refractivity contribution is 0.122. The van der Waals surface area contributed by atoms with E-state index in [0.29, 0.717) is 24.7 Å². The van der Waals surface area contributed by atoms with E-state index >= 15 is 0 Å². The third-order valence-corrected chi connectivity index (χ3v) is 8.67. The number of ether oxygens (including phenoxy) is 3. The van der Waals surface area contributed by atoms with Gasteiger partial charge in [0.05, 0.1) is 32.1 Å². The average Bonchev–Trinajstić information content (AvgIpc) is 3.46. The molecule has 2 aromatic heterocycles. The van der Waals surface area contributed by atoms with E-state index < -0.39 is 6.09 Å². The maximum atomic E-state index is 12.2. The van der Waals surface area contributed by atoms with E-state index in [-0.39, 0.29) is 12.6 Å². The summed E-state index contributed by atoms with van der Waals surface area (Å²) in [5.41, 5.74) is 3.66. The number of hydrogen-bond donors (Lipinski definition) is 2. The number of nitrogens with zero attached hydrogens (tertiary/aromatic N) is 3. The number of thiazole rings is 1. The third kappa shape index (κ3) is 8.36. The fourth-order valence-electron chi connectivity index (χ4n) is 4.28. The molecule has 0 spiro atoms. The summed E-state index contributed by atoms with van der Waals surface area (Å²) < 4.78 is 17.2. The van der Waals surface area contributed by atoms with Crippen LogP contribution in [0.25, 0.3) is 0 Å². The average molecular weight is 584 g/mol. The highest BCUT2D eigenvalue weighted by Gasteiger charge is 2.18. The molecule has 0 radical (unpaired) electrons. The van der Waals surface area contributed by atoms with Gasteiger partial charge in [0.2, 0.25) is 0 Å². The Hall–Kier alpha value is -3.28. The van der Waals surface area contributed by atoms with E-state index in [1.165, 1.54) is 11.0 Å². The van der Waals surface area contributed by atoms with Gasteiger partial charge in [-0.15, -0.1) is 11.3 Å². The largest absolute Gasteiger partial charge is 0.497 e. The number of pyridine rings is 1. The van der Waals surface area contributed by atoms with Gasteiger partial charge in [-0.2, -0.15) is 0 Å². The molecule has 2 N–H and O–H groups in total. The van der Waals surface area contributed by atoms with Crippen LogP contribution in [0.3, 0.4) is 0 Å². The molecule has 3 heterocycles. The Balaban J connectivity index is 1.58. The molecule has 214 valence electrons. The number of carbonyl (C=O) groups excluding carboxylic acids is 1. The van der Waals surface area contributed by atoms with Gasteiger partial charge in [-0.25, -0.2) is 14.8 Å². The molecule has 1 atom stereocenters. The predicted octanol–water partition coefficient (Wildman–Crippen LogP) is 6.54. The minimum Gasteiger partial charge on any atom is -0.497 e. The molecule has 0 bridgehead atoms. The minimum absolute atomic E-state index is 0.0705. The van der Waals surface area contributed by atoms with Crippen molar-refractivity contribution in [2.75, 3.05) is 55.6 Å². The molecular formula is C29H37N5O4S2. The Bertz CT molecular complexity index is 1280. The van der Waals surface area contributed by atoms with Gasteiger partial charge < -0.3 is 24.4 Å². The molecule has 11 heteroatoms. The first kappa shape index (κ1) is 29.7. The lowest BCUT2D eigenvalue weighted by atomic mass is 10.0. The standard InChI is InChI=1S/C29H37N5O4S2/c1-5-10-38-28(35)32-21-13-20(14-24(16-21)36-4)26(7-3)33-27-17-23(34-8-11-37-12-9-34)15-22(31-27)19-39-29-30-18-25(6-2)40-29/h5,13-18,26H,1,6-12,19H2,2-4H3,(H,31,33)(H,32,35). The number of aryl methyl sites for hydroxylation is 1. The molecule has 3 aromatic rings. The molecule has 1 fully saturated rings. The van der Waals surface area contributed by atoms with Crippen molar-refractivity contribution in [2.45, 2.75) is 42.8 Å². The van der Waals surface area contributed by atoms with Crippen molar-refractivity contribution in [1.82, 2.24) is 9.97 Å². The molecular weight excluding hydrogens is 546 g/mol. The molecule has 1 saturated heterocycles. The van der Waals surface area contributed by atoms with Crippen LogP contribution < -0.4 is 20.3 Å². The summed E-state index contributed by atoms with van der Waals surface area (Å²) in [4.78, 5) is 25.3. The first-order chi connectivity index (χ1) is 19.5. The lowest BCUT2D eigenvalue weighted by Gasteiger charge is -2.30. The smallest absolute Gasteiger partial charge is 0.411 e. The number of methoxy groups -OCH3 is 1. The number of benzene rings is 1. The number of hydrogen-bond acceptors (Lipinski definition) is 10. The van der Waals surface area contributed by atoms with Crippen LogP contribution in [0.2, 0.25) is 0 Å². The van der Waals surface area contributed by atoms with Gasteiger partial charge in [-0.1, -0.05) is 38.3 Å². The summed E-state index contributed by atoms with van der Waals surface area (Å²) in [5, 5.41) is 6.41. The lowest BCUT2D eigenvalue weighted by Crippen LogP contribution is -2.36. The molecule has 1 aliphatic rings. The van der Waals surface area contributed by atoms with Gasteiger partial charge in [0.15, 0.2) is 0 Å². The van der Waals surface area contributed by atoms with Gasteiger partial charge in [-0.05, 0) is 36.6 Å². The van der Waals surface area contributed by atoms with Crippen LogP contribution in [-0.2, 0) is 21.6 Å². The van der Waals surface area contributed by atoms with Crippen molar-refractivity contribution in [3.63, 3.8) is 0 Å². The van der Waals surface area contributed by atoms with Crippen molar-refractivity contribution in [2.24, 2.45) is 0 Å². The molecule has 0 aliphatic carbocycles. The van der Waals surface area contributed by atoms with Crippen LogP contribution >= 0.6 is 23.1 Å². The van der Waals surface area contributed by atoms with Crippen LogP contribution in [0.4, 0.5) is 22.0 Å². The third-order valence-electron chi connectivity index (χ3n) is 6.34. The summed E-state index contributed by atoms with van der Waals surface area (Å²) >= 11 is 3.45. The highest BCUT2D eigenvalue weighted by Crippen LogP contribution is 2.32. The van der Waals surface area contributed by atoms with Crippen molar-refractivity contribution in [3.05, 3.63) is 65.3 Å². The van der Waals surface area contributed by atoms with Crippen molar-refractivity contribution in [1.29, 1.82) is 0 Å². The highest BCUT2D eigenvalue weighted by atomic mass is 32.2. The number of nitrogens with one attached hydrogen (secondary N) is 2. The second-order valence-electron chi connectivity index (χ2n) is 9.15. The van der Waals surface area contributed by atoms with Gasteiger partial charge in [0, 0.05) is 53.4 Å². The van der Waals surface area contributed by atoms with E-state index in [9.17, 15) is 4.79 Å². The van der Waals surface area contributed by atoms with Gasteiger partial charge in [0.25, 0.3) is 0 Å². The van der Waals surface area contributed by atoms with Crippen LogP contribution in [0.1, 0.15) is 42.4 Å². The number of anilines is 3.